The van der Waals surface area contributed by atoms with Crippen molar-refractivity contribution in [3.05, 3.63) is 95.0 Å². The quantitative estimate of drug-likeness (QED) is 0.423. The summed E-state index contributed by atoms with van der Waals surface area (Å²) in [5.41, 5.74) is 4.46. The molecule has 0 aliphatic heterocycles. The molecule has 1 aromatic heterocycles. The molecule has 5 heteroatoms. The molecule has 0 fully saturated rings. The molecule has 0 aliphatic rings. The molecule has 0 spiro atoms. The zero-order chi connectivity index (χ0) is 19.3. The van der Waals surface area contributed by atoms with Crippen molar-refractivity contribution >= 4 is 34.5 Å². The van der Waals surface area contributed by atoms with Gasteiger partial charge in [0.1, 0.15) is 5.01 Å². The Kier molecular flexibility index (Phi) is 5.51. The van der Waals surface area contributed by atoms with E-state index in [1.165, 1.54) is 11.3 Å². The van der Waals surface area contributed by atoms with Gasteiger partial charge >= 0.3 is 0 Å². The van der Waals surface area contributed by atoms with Gasteiger partial charge in [0.25, 0.3) is 0 Å². The fourth-order valence-corrected chi connectivity index (χ4v) is 4.11. The van der Waals surface area contributed by atoms with Gasteiger partial charge in [0, 0.05) is 22.2 Å². The van der Waals surface area contributed by atoms with Crippen LogP contribution in [0.15, 0.2) is 84.2 Å². The predicted octanol–water partition coefficient (Wildman–Crippen LogP) is 6.31. The van der Waals surface area contributed by atoms with Crippen LogP contribution < -0.4 is 5.32 Å². The Labute approximate surface area is 172 Å². The van der Waals surface area contributed by atoms with E-state index in [4.69, 9.17) is 11.6 Å². The van der Waals surface area contributed by atoms with E-state index in [1.807, 2.05) is 84.2 Å². The SMILES string of the molecule is O=C(Cc1csc(-c2ccccc2Cl)n1)Nc1ccccc1-c1ccccc1. The zero-order valence-electron chi connectivity index (χ0n) is 14.9. The number of hydrogen-bond donors (Lipinski definition) is 1. The second kappa shape index (κ2) is 8.38. The van der Waals surface area contributed by atoms with E-state index in [9.17, 15) is 4.79 Å². The molecule has 1 heterocycles. The summed E-state index contributed by atoms with van der Waals surface area (Å²) in [5, 5.41) is 6.40. The van der Waals surface area contributed by atoms with E-state index < -0.39 is 0 Å². The highest BCUT2D eigenvalue weighted by Crippen LogP contribution is 2.31. The van der Waals surface area contributed by atoms with E-state index in [2.05, 4.69) is 10.3 Å². The minimum atomic E-state index is -0.0978. The number of hydrogen-bond acceptors (Lipinski definition) is 3. The lowest BCUT2D eigenvalue weighted by atomic mass is 10.0. The highest BCUT2D eigenvalue weighted by Gasteiger charge is 2.13. The zero-order valence-corrected chi connectivity index (χ0v) is 16.5. The van der Waals surface area contributed by atoms with E-state index in [1.54, 1.807) is 0 Å². The topological polar surface area (TPSA) is 42.0 Å². The maximum absolute atomic E-state index is 12.6. The van der Waals surface area contributed by atoms with Gasteiger partial charge in [-0.3, -0.25) is 4.79 Å². The summed E-state index contributed by atoms with van der Waals surface area (Å²) in [7, 11) is 0. The van der Waals surface area contributed by atoms with Crippen LogP contribution in [0.3, 0.4) is 0 Å². The van der Waals surface area contributed by atoms with Crippen LogP contribution in [0.4, 0.5) is 5.69 Å². The van der Waals surface area contributed by atoms with Gasteiger partial charge in [-0.2, -0.15) is 0 Å². The third-order valence-corrected chi connectivity index (χ3v) is 5.54. The maximum Gasteiger partial charge on any atom is 0.230 e. The summed E-state index contributed by atoms with van der Waals surface area (Å²) in [6, 6.07) is 25.4. The molecule has 0 unspecified atom stereocenters. The average Bonchev–Trinajstić information content (AvgIpc) is 3.17. The summed E-state index contributed by atoms with van der Waals surface area (Å²) in [5.74, 6) is -0.0978. The second-order valence-electron chi connectivity index (χ2n) is 6.26. The smallest absolute Gasteiger partial charge is 0.230 e. The summed E-state index contributed by atoms with van der Waals surface area (Å²) in [4.78, 5) is 17.2. The lowest BCUT2D eigenvalue weighted by Crippen LogP contribution is -2.15. The van der Waals surface area contributed by atoms with Crippen LogP contribution in [0.5, 0.6) is 0 Å². The summed E-state index contributed by atoms with van der Waals surface area (Å²) in [6.45, 7) is 0. The standard InChI is InChI=1S/C23H17ClN2OS/c24-20-12-6-4-11-19(20)23-25-17(15-28-23)14-22(27)26-21-13-7-5-10-18(21)16-8-2-1-3-9-16/h1-13,15H,14H2,(H,26,27). The molecule has 3 nitrogen and oxygen atoms in total. The van der Waals surface area contributed by atoms with E-state index >= 15 is 0 Å². The van der Waals surface area contributed by atoms with Crippen molar-refractivity contribution in [1.82, 2.24) is 4.98 Å². The lowest BCUT2D eigenvalue weighted by molar-refractivity contribution is -0.115. The van der Waals surface area contributed by atoms with Gasteiger partial charge in [-0.25, -0.2) is 4.98 Å². The van der Waals surface area contributed by atoms with Crippen LogP contribution in [0.2, 0.25) is 5.02 Å². The summed E-state index contributed by atoms with van der Waals surface area (Å²) in [6.07, 6.45) is 0.212. The van der Waals surface area contributed by atoms with E-state index in [0.717, 1.165) is 33.1 Å². The van der Waals surface area contributed by atoms with Gasteiger partial charge in [0.05, 0.1) is 17.1 Å². The number of thiazole rings is 1. The van der Waals surface area contributed by atoms with Gasteiger partial charge in [0.15, 0.2) is 0 Å². The van der Waals surface area contributed by atoms with Gasteiger partial charge in [0.2, 0.25) is 5.91 Å². The van der Waals surface area contributed by atoms with Crippen molar-refractivity contribution in [3.8, 4) is 21.7 Å². The Morgan fingerprint density at radius 1 is 0.893 bits per heavy atom. The molecule has 0 aliphatic carbocycles. The molecule has 1 N–H and O–H groups in total. The Morgan fingerprint density at radius 3 is 2.36 bits per heavy atom. The predicted molar refractivity (Wildman–Crippen MR) is 117 cm³/mol. The van der Waals surface area contributed by atoms with Crippen molar-refractivity contribution in [2.75, 3.05) is 5.32 Å². The number of nitrogens with one attached hydrogen (secondary N) is 1. The second-order valence-corrected chi connectivity index (χ2v) is 7.53. The minimum absolute atomic E-state index is 0.0978. The largest absolute Gasteiger partial charge is 0.325 e. The molecular weight excluding hydrogens is 388 g/mol. The van der Waals surface area contributed by atoms with Crippen molar-refractivity contribution in [3.63, 3.8) is 0 Å². The molecule has 0 saturated carbocycles. The number of amides is 1. The normalized spacial score (nSPS) is 10.6. The lowest BCUT2D eigenvalue weighted by Gasteiger charge is -2.11. The number of carbonyl (C=O) groups is 1. The molecule has 0 bridgehead atoms. The average molecular weight is 405 g/mol. The van der Waals surface area contributed by atoms with Crippen LogP contribution in [0, 0.1) is 0 Å². The summed E-state index contributed by atoms with van der Waals surface area (Å²) >= 11 is 7.73. The van der Waals surface area contributed by atoms with Crippen LogP contribution in [0.25, 0.3) is 21.7 Å². The Morgan fingerprint density at radius 2 is 1.57 bits per heavy atom. The van der Waals surface area contributed by atoms with E-state index in [-0.39, 0.29) is 12.3 Å². The van der Waals surface area contributed by atoms with Gasteiger partial charge in [-0.1, -0.05) is 78.3 Å². The first-order valence-corrected chi connectivity index (χ1v) is 10.1. The fraction of sp³-hybridized carbons (Fsp3) is 0.0435. The highest BCUT2D eigenvalue weighted by molar-refractivity contribution is 7.13. The summed E-state index contributed by atoms with van der Waals surface area (Å²) < 4.78 is 0. The number of halogens is 1. The molecule has 138 valence electrons. The number of benzene rings is 3. The number of anilines is 1. The molecule has 4 rings (SSSR count). The fourth-order valence-electron chi connectivity index (χ4n) is 2.97. The van der Waals surface area contributed by atoms with Gasteiger partial charge in [-0.05, 0) is 17.7 Å². The minimum Gasteiger partial charge on any atom is -0.325 e. The van der Waals surface area contributed by atoms with Crippen LogP contribution >= 0.6 is 22.9 Å². The third-order valence-electron chi connectivity index (χ3n) is 4.28. The third kappa shape index (κ3) is 4.14. The molecule has 0 saturated heterocycles. The van der Waals surface area contributed by atoms with Gasteiger partial charge < -0.3 is 5.32 Å². The van der Waals surface area contributed by atoms with Crippen molar-refractivity contribution in [2.24, 2.45) is 0 Å². The first-order chi connectivity index (χ1) is 13.7. The molecule has 4 aromatic rings. The number of rotatable bonds is 5. The number of nitrogens with zero attached hydrogens (tertiary/aromatic N) is 1. The van der Waals surface area contributed by atoms with Crippen LogP contribution in [-0.4, -0.2) is 10.9 Å². The molecule has 0 atom stereocenters. The van der Waals surface area contributed by atoms with Crippen molar-refractivity contribution < 1.29 is 4.79 Å². The van der Waals surface area contributed by atoms with Crippen LogP contribution in [0.1, 0.15) is 5.69 Å². The number of para-hydroxylation sites is 1. The van der Waals surface area contributed by atoms with Crippen LogP contribution in [-0.2, 0) is 11.2 Å². The molecule has 1 amide bonds. The van der Waals surface area contributed by atoms with Crippen molar-refractivity contribution in [1.29, 1.82) is 0 Å². The highest BCUT2D eigenvalue weighted by atomic mass is 35.5. The van der Waals surface area contributed by atoms with Gasteiger partial charge in [-0.15, -0.1) is 11.3 Å². The Bertz CT molecular complexity index is 1110. The molecule has 0 radical (unpaired) electrons. The molecular formula is C23H17ClN2OS. The molecule has 3 aromatic carbocycles. The Hall–Kier alpha value is -2.95. The first-order valence-electron chi connectivity index (χ1n) is 8.84. The number of aromatic nitrogens is 1. The Balaban J connectivity index is 1.50. The number of carbonyl (C=O) groups excluding carboxylic acids is 1. The maximum atomic E-state index is 12.6. The first kappa shape index (κ1) is 18.4. The molecule has 28 heavy (non-hydrogen) atoms. The van der Waals surface area contributed by atoms with E-state index in [0.29, 0.717) is 5.02 Å². The monoisotopic (exact) mass is 404 g/mol. The van der Waals surface area contributed by atoms with Crippen molar-refractivity contribution in [2.45, 2.75) is 6.42 Å².